The van der Waals surface area contributed by atoms with E-state index in [-0.39, 0.29) is 17.8 Å². The van der Waals surface area contributed by atoms with Crippen LogP contribution in [0, 0.1) is 0 Å². The van der Waals surface area contributed by atoms with Gasteiger partial charge in [0.05, 0.1) is 5.33 Å². The van der Waals surface area contributed by atoms with Gasteiger partial charge in [-0.2, -0.15) is 0 Å². The molecule has 0 spiro atoms. The molecule has 0 bridgehead atoms. The van der Waals surface area contributed by atoms with Crippen molar-refractivity contribution in [1.82, 2.24) is 0 Å². The minimum atomic E-state index is -0.904. The molecule has 0 fully saturated rings. The largest absolute Gasteiger partial charge is 0.445 e. The summed E-state index contributed by atoms with van der Waals surface area (Å²) in [6.07, 6.45) is 0.220. The minimum absolute atomic E-state index is 0.118. The molecule has 0 aliphatic rings. The number of nitrogens with two attached hydrogens (primary N) is 1. The van der Waals surface area contributed by atoms with E-state index in [9.17, 15) is 9.18 Å². The van der Waals surface area contributed by atoms with Crippen LogP contribution in [0.4, 0.5) is 9.18 Å². The average Bonchev–Trinajstić information content (AvgIpc) is 1.87. The van der Waals surface area contributed by atoms with Crippen molar-refractivity contribution in [1.29, 1.82) is 0 Å². The third-order valence-electron chi connectivity index (χ3n) is 0.658. The standard InChI is InChI=1S/C5H7BrFNO2/c6-3-4(7)1-2-10-5(8)9/h1H,2-3H2,(H2,8,9)/b4-1-. The fraction of sp³-hybridized carbons (Fsp3) is 0.400. The van der Waals surface area contributed by atoms with E-state index >= 15 is 0 Å². The monoisotopic (exact) mass is 211 g/mol. The number of halogens is 2. The highest BCUT2D eigenvalue weighted by Gasteiger charge is 1.92. The minimum Gasteiger partial charge on any atom is -0.445 e. The Labute approximate surface area is 66.2 Å². The molecule has 0 aliphatic carbocycles. The summed E-state index contributed by atoms with van der Waals surface area (Å²) in [7, 11) is 0. The Morgan fingerprint density at radius 1 is 1.80 bits per heavy atom. The molecule has 0 saturated heterocycles. The van der Waals surface area contributed by atoms with Crippen LogP contribution in [0.25, 0.3) is 0 Å². The number of alkyl halides is 1. The van der Waals surface area contributed by atoms with Gasteiger partial charge in [0, 0.05) is 0 Å². The molecule has 1 amide bonds. The summed E-state index contributed by atoms with van der Waals surface area (Å²) >= 11 is 2.87. The van der Waals surface area contributed by atoms with Gasteiger partial charge >= 0.3 is 6.09 Å². The van der Waals surface area contributed by atoms with E-state index in [4.69, 9.17) is 0 Å². The number of amides is 1. The maximum Gasteiger partial charge on any atom is 0.404 e. The quantitative estimate of drug-likeness (QED) is 0.717. The summed E-state index contributed by atoms with van der Waals surface area (Å²) in [5.74, 6) is -0.388. The van der Waals surface area contributed by atoms with Crippen molar-refractivity contribution in [3.05, 3.63) is 11.9 Å². The maximum atomic E-state index is 12.2. The van der Waals surface area contributed by atoms with E-state index in [1.807, 2.05) is 0 Å². The third-order valence-corrected chi connectivity index (χ3v) is 1.19. The lowest BCUT2D eigenvalue weighted by molar-refractivity contribution is 0.169. The van der Waals surface area contributed by atoms with Crippen molar-refractivity contribution in [3.8, 4) is 0 Å². The van der Waals surface area contributed by atoms with Gasteiger partial charge in [-0.1, -0.05) is 15.9 Å². The number of primary amides is 1. The van der Waals surface area contributed by atoms with E-state index in [1.54, 1.807) is 0 Å². The Morgan fingerprint density at radius 2 is 2.40 bits per heavy atom. The molecule has 0 aromatic rings. The molecular weight excluding hydrogens is 205 g/mol. The second-order valence-corrected chi connectivity index (χ2v) is 1.98. The van der Waals surface area contributed by atoms with E-state index in [2.05, 4.69) is 26.4 Å². The Bertz CT molecular complexity index is 149. The molecule has 0 unspecified atom stereocenters. The number of allylic oxidation sites excluding steroid dienone is 1. The van der Waals surface area contributed by atoms with Gasteiger partial charge in [0.2, 0.25) is 0 Å². The second kappa shape index (κ2) is 5.22. The van der Waals surface area contributed by atoms with E-state index in [1.165, 1.54) is 0 Å². The Kier molecular flexibility index (Phi) is 4.92. The Hall–Kier alpha value is -0.580. The van der Waals surface area contributed by atoms with Gasteiger partial charge in [-0.05, 0) is 6.08 Å². The lowest BCUT2D eigenvalue weighted by atomic mass is 10.5. The van der Waals surface area contributed by atoms with Crippen molar-refractivity contribution < 1.29 is 13.9 Å². The summed E-state index contributed by atoms with van der Waals surface area (Å²) in [6.45, 7) is -0.118. The number of hydrogen-bond donors (Lipinski definition) is 1. The first-order chi connectivity index (χ1) is 4.66. The zero-order valence-corrected chi connectivity index (χ0v) is 6.73. The molecular formula is C5H7BrFNO2. The molecule has 0 aliphatic heterocycles. The summed E-state index contributed by atoms with van der Waals surface area (Å²) in [6, 6.07) is 0. The SMILES string of the molecule is NC(=O)OC/C=C(\F)CBr. The van der Waals surface area contributed by atoms with Crippen LogP contribution in [-0.4, -0.2) is 18.0 Å². The maximum absolute atomic E-state index is 12.2. The van der Waals surface area contributed by atoms with Crippen LogP contribution in [0.1, 0.15) is 0 Å². The number of ether oxygens (including phenoxy) is 1. The third kappa shape index (κ3) is 5.55. The number of rotatable bonds is 3. The highest BCUT2D eigenvalue weighted by atomic mass is 79.9. The van der Waals surface area contributed by atoms with Gasteiger partial charge in [0.1, 0.15) is 12.4 Å². The Morgan fingerprint density at radius 3 is 2.80 bits per heavy atom. The van der Waals surface area contributed by atoms with Crippen molar-refractivity contribution in [3.63, 3.8) is 0 Å². The highest BCUT2D eigenvalue weighted by Crippen LogP contribution is 1.99. The zero-order valence-electron chi connectivity index (χ0n) is 5.14. The normalized spacial score (nSPS) is 11.2. The van der Waals surface area contributed by atoms with Crippen LogP contribution in [0.3, 0.4) is 0 Å². The van der Waals surface area contributed by atoms with Crippen LogP contribution < -0.4 is 5.73 Å². The summed E-state index contributed by atoms with van der Waals surface area (Å²) in [4.78, 5) is 9.91. The molecule has 0 saturated carbocycles. The first kappa shape index (κ1) is 9.42. The smallest absolute Gasteiger partial charge is 0.404 e. The van der Waals surface area contributed by atoms with Gasteiger partial charge in [-0.15, -0.1) is 0 Å². The number of hydrogen-bond acceptors (Lipinski definition) is 2. The first-order valence-electron chi connectivity index (χ1n) is 2.49. The van der Waals surface area contributed by atoms with Gasteiger partial charge in [0.15, 0.2) is 0 Å². The topological polar surface area (TPSA) is 52.3 Å². The summed E-state index contributed by atoms with van der Waals surface area (Å²) in [5.41, 5.74) is 4.60. The molecule has 0 heterocycles. The molecule has 5 heteroatoms. The number of carbonyl (C=O) groups excluding carboxylic acids is 1. The van der Waals surface area contributed by atoms with Crippen molar-refractivity contribution in [2.24, 2.45) is 5.73 Å². The molecule has 0 radical (unpaired) electrons. The van der Waals surface area contributed by atoms with E-state index in [0.29, 0.717) is 0 Å². The van der Waals surface area contributed by atoms with Crippen molar-refractivity contribution >= 4 is 22.0 Å². The molecule has 10 heavy (non-hydrogen) atoms. The van der Waals surface area contributed by atoms with Gasteiger partial charge in [-0.25, -0.2) is 9.18 Å². The van der Waals surface area contributed by atoms with Crippen molar-refractivity contribution in [2.75, 3.05) is 11.9 Å². The number of carbonyl (C=O) groups is 1. The van der Waals surface area contributed by atoms with Gasteiger partial charge in [-0.3, -0.25) is 0 Å². The molecule has 0 aromatic carbocycles. The Balaban J connectivity index is 3.43. The van der Waals surface area contributed by atoms with Crippen LogP contribution in [0.2, 0.25) is 0 Å². The molecule has 0 atom stereocenters. The predicted molar refractivity (Wildman–Crippen MR) is 38.5 cm³/mol. The molecule has 0 rings (SSSR count). The first-order valence-corrected chi connectivity index (χ1v) is 3.61. The highest BCUT2D eigenvalue weighted by molar-refractivity contribution is 9.09. The van der Waals surface area contributed by atoms with E-state index in [0.717, 1.165) is 6.08 Å². The van der Waals surface area contributed by atoms with Crippen LogP contribution >= 0.6 is 15.9 Å². The lowest BCUT2D eigenvalue weighted by Crippen LogP contribution is -2.12. The molecule has 0 aromatic heterocycles. The lowest BCUT2D eigenvalue weighted by Gasteiger charge is -1.94. The van der Waals surface area contributed by atoms with E-state index < -0.39 is 6.09 Å². The summed E-state index contributed by atoms with van der Waals surface area (Å²) < 4.78 is 16.4. The molecule has 58 valence electrons. The zero-order chi connectivity index (χ0) is 7.98. The summed E-state index contributed by atoms with van der Waals surface area (Å²) in [5, 5.41) is 0.120. The van der Waals surface area contributed by atoms with Crippen LogP contribution in [-0.2, 0) is 4.74 Å². The fourth-order valence-corrected chi connectivity index (χ4v) is 0.498. The van der Waals surface area contributed by atoms with Crippen molar-refractivity contribution in [2.45, 2.75) is 0 Å². The van der Waals surface area contributed by atoms with Gasteiger partial charge in [0.25, 0.3) is 0 Å². The predicted octanol–water partition coefficient (Wildman–Crippen LogP) is 1.33. The van der Waals surface area contributed by atoms with Crippen LogP contribution in [0.5, 0.6) is 0 Å². The second-order valence-electron chi connectivity index (χ2n) is 1.41. The van der Waals surface area contributed by atoms with Gasteiger partial charge < -0.3 is 10.5 Å². The molecule has 3 nitrogen and oxygen atoms in total. The fourth-order valence-electron chi connectivity index (χ4n) is 0.269. The average molecular weight is 212 g/mol. The molecule has 2 N–H and O–H groups in total. The van der Waals surface area contributed by atoms with Crippen LogP contribution in [0.15, 0.2) is 11.9 Å².